The van der Waals surface area contributed by atoms with Crippen molar-refractivity contribution < 1.29 is 14.6 Å². The third kappa shape index (κ3) is 8.51. The second-order valence-electron chi connectivity index (χ2n) is 6.81. The number of methoxy groups -OCH3 is 1. The predicted molar refractivity (Wildman–Crippen MR) is 118 cm³/mol. The minimum absolute atomic E-state index is 0. The van der Waals surface area contributed by atoms with E-state index in [-0.39, 0.29) is 19.0 Å². The molecule has 0 spiro atoms. The maximum absolute atomic E-state index is 10.2. The molecule has 4 nitrogen and oxygen atoms in total. The van der Waals surface area contributed by atoms with Crippen molar-refractivity contribution in [3.8, 4) is 11.5 Å². The fourth-order valence-corrected chi connectivity index (χ4v) is 2.97. The molecule has 0 aliphatic heterocycles. The molecule has 28 heavy (non-hydrogen) atoms. The predicted octanol–water partition coefficient (Wildman–Crippen LogP) is 5.29. The van der Waals surface area contributed by atoms with E-state index in [0.717, 1.165) is 24.2 Å². The molecule has 1 unspecified atom stereocenters. The number of rotatable bonds is 13. The molecule has 2 aromatic carbocycles. The van der Waals surface area contributed by atoms with Crippen LogP contribution in [0.2, 0.25) is 0 Å². The lowest BCUT2D eigenvalue weighted by molar-refractivity contribution is 0.106. The molecule has 0 aromatic heterocycles. The van der Waals surface area contributed by atoms with E-state index in [2.05, 4.69) is 12.2 Å². The van der Waals surface area contributed by atoms with E-state index in [1.807, 2.05) is 48.5 Å². The van der Waals surface area contributed by atoms with E-state index in [1.165, 1.54) is 32.1 Å². The number of halogens is 1. The Kier molecular flexibility index (Phi) is 12.4. The van der Waals surface area contributed by atoms with Gasteiger partial charge in [-0.2, -0.15) is 0 Å². The number of hydrogen-bond acceptors (Lipinski definition) is 4. The van der Waals surface area contributed by atoms with E-state index in [9.17, 15) is 5.11 Å². The average molecular weight is 408 g/mol. The molecule has 1 atom stereocenters. The van der Waals surface area contributed by atoms with Crippen LogP contribution in [-0.2, 0) is 6.54 Å². The van der Waals surface area contributed by atoms with Gasteiger partial charge in [-0.25, -0.2) is 0 Å². The van der Waals surface area contributed by atoms with E-state index >= 15 is 0 Å². The second kappa shape index (κ2) is 14.3. The number of ether oxygens (including phenoxy) is 2. The van der Waals surface area contributed by atoms with Gasteiger partial charge in [0.25, 0.3) is 0 Å². The average Bonchev–Trinajstić information content (AvgIpc) is 2.72. The Bertz CT molecular complexity index is 652. The normalized spacial score (nSPS) is 11.5. The summed E-state index contributed by atoms with van der Waals surface area (Å²) in [4.78, 5) is 0. The van der Waals surface area contributed by atoms with Gasteiger partial charge in [-0.1, -0.05) is 69.0 Å². The van der Waals surface area contributed by atoms with Gasteiger partial charge in [0.05, 0.1) is 7.11 Å². The molecule has 0 fully saturated rings. The second-order valence-corrected chi connectivity index (χ2v) is 6.81. The van der Waals surface area contributed by atoms with E-state index in [4.69, 9.17) is 9.47 Å². The summed E-state index contributed by atoms with van der Waals surface area (Å²) >= 11 is 0. The number of benzene rings is 2. The number of aliphatic hydroxyl groups excluding tert-OH is 1. The molecular weight excluding hydrogens is 374 g/mol. The van der Waals surface area contributed by atoms with Crippen LogP contribution in [-0.4, -0.2) is 25.4 Å². The van der Waals surface area contributed by atoms with Gasteiger partial charge in [-0.15, -0.1) is 12.4 Å². The zero-order chi connectivity index (χ0) is 19.3. The largest absolute Gasteiger partial charge is 0.493 e. The number of nitrogens with one attached hydrogen (secondary N) is 1. The van der Waals surface area contributed by atoms with Gasteiger partial charge in [-0.3, -0.25) is 0 Å². The van der Waals surface area contributed by atoms with Crippen molar-refractivity contribution in [2.75, 3.05) is 20.3 Å². The van der Waals surface area contributed by atoms with Crippen LogP contribution in [0.3, 0.4) is 0 Å². The lowest BCUT2D eigenvalue weighted by Gasteiger charge is -2.15. The van der Waals surface area contributed by atoms with E-state index < -0.39 is 6.10 Å². The smallest absolute Gasteiger partial charge is 0.161 e. The Labute approximate surface area is 175 Å². The number of aliphatic hydroxyl groups is 1. The fourth-order valence-electron chi connectivity index (χ4n) is 2.97. The van der Waals surface area contributed by atoms with Gasteiger partial charge in [0.15, 0.2) is 11.5 Å². The highest BCUT2D eigenvalue weighted by Gasteiger charge is 2.11. The zero-order valence-electron chi connectivity index (χ0n) is 17.0. The van der Waals surface area contributed by atoms with Crippen molar-refractivity contribution in [3.05, 3.63) is 59.7 Å². The lowest BCUT2D eigenvalue weighted by atomic mass is 10.1. The van der Waals surface area contributed by atoms with Gasteiger partial charge in [0, 0.05) is 6.54 Å². The Hall–Kier alpha value is -1.75. The first kappa shape index (κ1) is 24.3. The monoisotopic (exact) mass is 407 g/mol. The van der Waals surface area contributed by atoms with Crippen LogP contribution in [0.5, 0.6) is 11.5 Å². The third-order valence-corrected chi connectivity index (χ3v) is 4.60. The molecule has 0 bridgehead atoms. The highest BCUT2D eigenvalue weighted by Crippen LogP contribution is 2.29. The summed E-state index contributed by atoms with van der Waals surface area (Å²) in [6.07, 6.45) is 5.79. The summed E-state index contributed by atoms with van der Waals surface area (Å²) in [5.41, 5.74) is 2.01. The molecule has 2 rings (SSSR count). The number of unbranched alkanes of at least 4 members (excludes halogenated alkanes) is 4. The van der Waals surface area contributed by atoms with Gasteiger partial charge in [0.1, 0.15) is 12.7 Å². The summed E-state index contributed by atoms with van der Waals surface area (Å²) in [6, 6.07) is 15.5. The first-order chi connectivity index (χ1) is 13.2. The molecule has 0 saturated heterocycles. The fraction of sp³-hybridized carbons (Fsp3) is 0.478. The maximum atomic E-state index is 10.2. The number of hydrogen-bond donors (Lipinski definition) is 2. The summed E-state index contributed by atoms with van der Waals surface area (Å²) in [7, 11) is 1.64. The third-order valence-electron chi connectivity index (χ3n) is 4.60. The van der Waals surface area contributed by atoms with Crippen molar-refractivity contribution in [3.63, 3.8) is 0 Å². The first-order valence-corrected chi connectivity index (χ1v) is 9.98. The van der Waals surface area contributed by atoms with Crippen molar-refractivity contribution in [2.24, 2.45) is 0 Å². The summed E-state index contributed by atoms with van der Waals surface area (Å²) in [6.45, 7) is 4.28. The Morgan fingerprint density at radius 1 is 0.964 bits per heavy atom. The van der Waals surface area contributed by atoms with Crippen LogP contribution < -0.4 is 14.8 Å². The summed E-state index contributed by atoms with van der Waals surface area (Å²) in [5, 5.41) is 13.7. The van der Waals surface area contributed by atoms with Crippen molar-refractivity contribution >= 4 is 12.4 Å². The molecule has 0 amide bonds. The zero-order valence-corrected chi connectivity index (χ0v) is 17.8. The molecule has 0 aliphatic rings. The van der Waals surface area contributed by atoms with Crippen molar-refractivity contribution in [1.29, 1.82) is 0 Å². The summed E-state index contributed by atoms with van der Waals surface area (Å²) < 4.78 is 11.2. The highest BCUT2D eigenvalue weighted by molar-refractivity contribution is 5.85. The molecule has 2 N–H and O–H groups in total. The Morgan fingerprint density at radius 2 is 1.71 bits per heavy atom. The molecule has 0 radical (unpaired) electrons. The van der Waals surface area contributed by atoms with Crippen LogP contribution in [0.4, 0.5) is 0 Å². The summed E-state index contributed by atoms with van der Waals surface area (Å²) in [5.74, 6) is 1.34. The molecule has 2 aromatic rings. The van der Waals surface area contributed by atoms with Crippen LogP contribution in [0, 0.1) is 0 Å². The molecule has 0 saturated carbocycles. The lowest BCUT2D eigenvalue weighted by Crippen LogP contribution is -2.15. The van der Waals surface area contributed by atoms with Gasteiger partial charge >= 0.3 is 0 Å². The van der Waals surface area contributed by atoms with Gasteiger partial charge < -0.3 is 19.9 Å². The molecule has 0 heterocycles. The van der Waals surface area contributed by atoms with E-state index in [0.29, 0.717) is 11.5 Å². The van der Waals surface area contributed by atoms with Crippen LogP contribution in [0.1, 0.15) is 56.3 Å². The maximum Gasteiger partial charge on any atom is 0.161 e. The topological polar surface area (TPSA) is 50.7 Å². The molecule has 5 heteroatoms. The van der Waals surface area contributed by atoms with E-state index in [1.54, 1.807) is 7.11 Å². The molecular formula is C23H34ClNO3. The standard InChI is InChI=1S/C23H33NO3.ClH/c1-3-4-5-6-10-15-24-17-19-13-14-22(23(16-19)26-2)27-18-21(25)20-11-8-7-9-12-20;/h7-9,11-14,16,21,24-25H,3-6,10,15,17-18H2,1-2H3;1H. The van der Waals surface area contributed by atoms with Crippen LogP contribution in [0.25, 0.3) is 0 Å². The van der Waals surface area contributed by atoms with Gasteiger partial charge in [0.2, 0.25) is 0 Å². The SMILES string of the molecule is CCCCCCCNCc1ccc(OCC(O)c2ccccc2)c(OC)c1.Cl. The minimum atomic E-state index is -0.662. The highest BCUT2D eigenvalue weighted by atomic mass is 35.5. The van der Waals surface area contributed by atoms with Gasteiger partial charge in [-0.05, 0) is 36.2 Å². The van der Waals surface area contributed by atoms with Crippen molar-refractivity contribution in [2.45, 2.75) is 51.7 Å². The first-order valence-electron chi connectivity index (χ1n) is 9.98. The van der Waals surface area contributed by atoms with Crippen LogP contribution in [0.15, 0.2) is 48.5 Å². The molecule has 0 aliphatic carbocycles. The molecule has 156 valence electrons. The van der Waals surface area contributed by atoms with Crippen LogP contribution >= 0.6 is 12.4 Å². The van der Waals surface area contributed by atoms with Crippen molar-refractivity contribution in [1.82, 2.24) is 5.32 Å². The Balaban J connectivity index is 0.00000392. The Morgan fingerprint density at radius 3 is 2.43 bits per heavy atom. The minimum Gasteiger partial charge on any atom is -0.493 e. The quantitative estimate of drug-likeness (QED) is 0.443.